The molecule has 2 aliphatic heterocycles. The van der Waals surface area contributed by atoms with E-state index >= 15 is 0 Å². The smallest absolute Gasteiger partial charge is 0.198 e. The first-order valence-corrected chi connectivity index (χ1v) is 6.72. The fraction of sp³-hybridized carbons (Fsp3) is 0.769. The van der Waals surface area contributed by atoms with Gasteiger partial charge in [0.05, 0.1) is 6.54 Å². The molecule has 0 spiro atoms. The molecule has 0 unspecified atom stereocenters. The van der Waals surface area contributed by atoms with E-state index in [2.05, 4.69) is 34.0 Å². The molecule has 0 amide bonds. The zero-order chi connectivity index (χ0) is 12.7. The lowest BCUT2D eigenvalue weighted by molar-refractivity contribution is 0.147. The molecule has 0 saturated carbocycles. The molecule has 2 aliphatic rings. The Morgan fingerprint density at radius 3 is 2.29 bits per heavy atom. The van der Waals surface area contributed by atoms with Crippen molar-refractivity contribution in [3.63, 3.8) is 0 Å². The molecule has 1 N–H and O–H groups in total. The summed E-state index contributed by atoms with van der Waals surface area (Å²) in [7, 11) is 0. The monoisotopic (exact) mass is 238 g/mol. The Labute approximate surface area is 105 Å². The molecule has 0 aliphatic carbocycles. The molecule has 4 heteroatoms. The summed E-state index contributed by atoms with van der Waals surface area (Å²) < 4.78 is 0. The summed E-state index contributed by atoms with van der Waals surface area (Å²) in [6, 6.07) is 0.660. The summed E-state index contributed by atoms with van der Waals surface area (Å²) in [5.74, 6) is 1.04. The molecule has 98 valence electrons. The summed E-state index contributed by atoms with van der Waals surface area (Å²) in [5.41, 5.74) is 0. The van der Waals surface area contributed by atoms with Gasteiger partial charge < -0.3 is 10.2 Å². The third-order valence-electron chi connectivity index (χ3n) is 3.02. The van der Waals surface area contributed by atoms with Crippen molar-refractivity contribution in [1.29, 1.82) is 0 Å². The number of hydrogen-bond acceptors (Lipinski definition) is 4. The first-order valence-electron chi connectivity index (χ1n) is 6.72. The molecule has 0 aromatic rings. The zero-order valence-electron chi connectivity index (χ0n) is 11.6. The maximum absolute atomic E-state index is 4.45. The second-order valence-electron chi connectivity index (χ2n) is 4.33. The van der Waals surface area contributed by atoms with Crippen LogP contribution in [0.25, 0.3) is 0 Å². The van der Waals surface area contributed by atoms with Crippen LogP contribution in [-0.4, -0.2) is 54.5 Å². The van der Waals surface area contributed by atoms with Crippen molar-refractivity contribution in [2.45, 2.75) is 33.7 Å². The summed E-state index contributed by atoms with van der Waals surface area (Å²) in [6.07, 6.45) is 4.02. The van der Waals surface area contributed by atoms with Crippen LogP contribution in [0.2, 0.25) is 0 Å². The van der Waals surface area contributed by atoms with E-state index in [1.165, 1.54) is 0 Å². The molecule has 4 nitrogen and oxygen atoms in total. The number of nitrogens with zero attached hydrogens (tertiary/aromatic N) is 3. The highest BCUT2D eigenvalue weighted by atomic mass is 15.3. The maximum atomic E-state index is 4.45. The van der Waals surface area contributed by atoms with E-state index in [0.717, 1.165) is 38.7 Å². The van der Waals surface area contributed by atoms with E-state index in [-0.39, 0.29) is 0 Å². The van der Waals surface area contributed by atoms with Crippen molar-refractivity contribution < 1.29 is 0 Å². The Morgan fingerprint density at radius 2 is 1.82 bits per heavy atom. The largest absolute Gasteiger partial charge is 0.340 e. The predicted octanol–water partition coefficient (Wildman–Crippen LogP) is 1.51. The number of rotatable bonds is 1. The van der Waals surface area contributed by atoms with Crippen LogP contribution in [0.15, 0.2) is 17.3 Å². The van der Waals surface area contributed by atoms with Crippen molar-refractivity contribution in [3.05, 3.63) is 12.3 Å². The average molecular weight is 238 g/mol. The van der Waals surface area contributed by atoms with Gasteiger partial charge in [-0.05, 0) is 19.9 Å². The summed E-state index contributed by atoms with van der Waals surface area (Å²) in [4.78, 5) is 9.29. The summed E-state index contributed by atoms with van der Waals surface area (Å²) in [5, 5.41) is 3.21. The normalized spacial score (nSPS) is 20.5. The van der Waals surface area contributed by atoms with Crippen molar-refractivity contribution in [1.82, 2.24) is 15.1 Å². The molecule has 0 aromatic carbocycles. The Balaban J connectivity index is 0.000000686. The van der Waals surface area contributed by atoms with Crippen LogP contribution in [-0.2, 0) is 0 Å². The number of aliphatic imine (C=N–C) groups is 1. The topological polar surface area (TPSA) is 30.9 Å². The van der Waals surface area contributed by atoms with Gasteiger partial charge in [-0.1, -0.05) is 13.8 Å². The van der Waals surface area contributed by atoms with Gasteiger partial charge in [-0.25, -0.2) is 4.99 Å². The highest BCUT2D eigenvalue weighted by Crippen LogP contribution is 2.06. The lowest BCUT2D eigenvalue weighted by Crippen LogP contribution is -2.53. The molecule has 2 heterocycles. The maximum Gasteiger partial charge on any atom is 0.198 e. The zero-order valence-corrected chi connectivity index (χ0v) is 11.6. The first kappa shape index (κ1) is 14.0. The third kappa shape index (κ3) is 4.04. The predicted molar refractivity (Wildman–Crippen MR) is 74.2 cm³/mol. The number of piperazine rings is 1. The van der Waals surface area contributed by atoms with E-state index in [4.69, 9.17) is 0 Å². The number of guanidine groups is 1. The van der Waals surface area contributed by atoms with E-state index in [1.807, 2.05) is 26.1 Å². The van der Waals surface area contributed by atoms with Crippen molar-refractivity contribution >= 4 is 5.96 Å². The van der Waals surface area contributed by atoms with Gasteiger partial charge >= 0.3 is 0 Å². The number of nitrogens with one attached hydrogen (secondary N) is 1. The second kappa shape index (κ2) is 7.33. The molecule has 1 fully saturated rings. The molecule has 0 radical (unpaired) electrons. The van der Waals surface area contributed by atoms with Crippen LogP contribution in [0.5, 0.6) is 0 Å². The molecule has 2 rings (SSSR count). The van der Waals surface area contributed by atoms with Crippen molar-refractivity contribution in [3.8, 4) is 0 Å². The third-order valence-corrected chi connectivity index (χ3v) is 3.02. The van der Waals surface area contributed by atoms with E-state index < -0.39 is 0 Å². The standard InChI is InChI=1S/C11H20N4.C2H6/c1-10(2)14-6-8-15(9-7-14)11-12-4-3-5-13-11;1-2/h3-4,10H,5-9H2,1-2H3,(H,12,13);1-2H3. The average Bonchev–Trinajstić information content (AvgIpc) is 2.42. The van der Waals surface area contributed by atoms with Gasteiger partial charge in [0.2, 0.25) is 0 Å². The van der Waals surface area contributed by atoms with Crippen molar-refractivity contribution in [2.75, 3.05) is 32.7 Å². The molecule has 17 heavy (non-hydrogen) atoms. The highest BCUT2D eigenvalue weighted by molar-refractivity contribution is 5.81. The summed E-state index contributed by atoms with van der Waals surface area (Å²) in [6.45, 7) is 13.8. The van der Waals surface area contributed by atoms with Crippen LogP contribution >= 0.6 is 0 Å². The van der Waals surface area contributed by atoms with Crippen LogP contribution < -0.4 is 5.32 Å². The first-order chi connectivity index (χ1) is 8.27. The Hall–Kier alpha value is -1.03. The minimum absolute atomic E-state index is 0.660. The van der Waals surface area contributed by atoms with Gasteiger partial charge in [-0.15, -0.1) is 0 Å². The fourth-order valence-electron chi connectivity index (χ4n) is 2.01. The van der Waals surface area contributed by atoms with Gasteiger partial charge in [-0.3, -0.25) is 4.90 Å². The Kier molecular flexibility index (Phi) is 6.05. The molecule has 0 aromatic heterocycles. The second-order valence-corrected chi connectivity index (χ2v) is 4.33. The van der Waals surface area contributed by atoms with Crippen LogP contribution in [0, 0.1) is 0 Å². The SMILES string of the molecule is CC.CC(C)N1CCN(C2=NCC=CN2)CC1. The Morgan fingerprint density at radius 1 is 1.18 bits per heavy atom. The van der Waals surface area contributed by atoms with Crippen LogP contribution in [0.1, 0.15) is 27.7 Å². The van der Waals surface area contributed by atoms with Gasteiger partial charge in [0, 0.05) is 38.4 Å². The Bertz CT molecular complexity index is 263. The van der Waals surface area contributed by atoms with Crippen molar-refractivity contribution in [2.24, 2.45) is 4.99 Å². The van der Waals surface area contributed by atoms with Gasteiger partial charge in [0.25, 0.3) is 0 Å². The number of hydrogen-bond donors (Lipinski definition) is 1. The molecule has 1 saturated heterocycles. The van der Waals surface area contributed by atoms with Crippen LogP contribution in [0.3, 0.4) is 0 Å². The fourth-order valence-corrected chi connectivity index (χ4v) is 2.01. The molecule has 0 atom stereocenters. The van der Waals surface area contributed by atoms with Gasteiger partial charge in [0.15, 0.2) is 5.96 Å². The minimum Gasteiger partial charge on any atom is -0.340 e. The lowest BCUT2D eigenvalue weighted by Gasteiger charge is -2.38. The highest BCUT2D eigenvalue weighted by Gasteiger charge is 2.20. The van der Waals surface area contributed by atoms with E-state index in [1.54, 1.807) is 0 Å². The van der Waals surface area contributed by atoms with Gasteiger partial charge in [-0.2, -0.15) is 0 Å². The van der Waals surface area contributed by atoms with Gasteiger partial charge in [0.1, 0.15) is 0 Å². The molecular weight excluding hydrogens is 212 g/mol. The van der Waals surface area contributed by atoms with E-state index in [0.29, 0.717) is 6.04 Å². The minimum atomic E-state index is 0.660. The van der Waals surface area contributed by atoms with Crippen LogP contribution in [0.4, 0.5) is 0 Å². The quantitative estimate of drug-likeness (QED) is 0.751. The lowest BCUT2D eigenvalue weighted by atomic mass is 10.2. The molecule has 0 bridgehead atoms. The summed E-state index contributed by atoms with van der Waals surface area (Å²) >= 11 is 0. The van der Waals surface area contributed by atoms with E-state index in [9.17, 15) is 0 Å². The molecular formula is C13H26N4.